The molecule has 0 amide bonds. The Morgan fingerprint density at radius 2 is 1.89 bits per heavy atom. The number of methoxy groups -OCH3 is 2. The van der Waals surface area contributed by atoms with Gasteiger partial charge >= 0.3 is 0 Å². The van der Waals surface area contributed by atoms with Crippen LogP contribution in [0.5, 0.6) is 11.5 Å². The molecule has 1 aliphatic carbocycles. The average Bonchev–Trinajstić information content (AvgIpc) is 3.11. The fourth-order valence-electron chi connectivity index (χ4n) is 3.77. The second-order valence-electron chi connectivity index (χ2n) is 7.25. The summed E-state index contributed by atoms with van der Waals surface area (Å²) in [6.45, 7) is 0.690. The topological polar surface area (TPSA) is 59.8 Å². The van der Waals surface area contributed by atoms with Crippen molar-refractivity contribution in [2.45, 2.75) is 31.5 Å². The second-order valence-corrected chi connectivity index (χ2v) is 8.11. The first-order valence-corrected chi connectivity index (χ1v) is 10.1. The molecule has 6 nitrogen and oxygen atoms in total. The van der Waals surface area contributed by atoms with Crippen molar-refractivity contribution in [2.75, 3.05) is 21.3 Å². The molecule has 7 heteroatoms. The number of aliphatic hydroxyl groups is 1. The van der Waals surface area contributed by atoms with Crippen LogP contribution in [-0.4, -0.2) is 53.2 Å². The van der Waals surface area contributed by atoms with E-state index in [9.17, 15) is 5.11 Å². The average molecular weight is 446 g/mol. The minimum absolute atomic E-state index is 0.175. The highest BCUT2D eigenvalue weighted by molar-refractivity contribution is 9.10. The molecular formula is C21H24BrN3O3. The van der Waals surface area contributed by atoms with Crippen LogP contribution in [0, 0.1) is 0 Å². The molecule has 1 aromatic heterocycles. The Morgan fingerprint density at radius 3 is 2.50 bits per heavy atom. The third-order valence-corrected chi connectivity index (χ3v) is 6.21. The highest BCUT2D eigenvalue weighted by Gasteiger charge is 2.31. The van der Waals surface area contributed by atoms with Crippen LogP contribution in [0.2, 0.25) is 0 Å². The van der Waals surface area contributed by atoms with Gasteiger partial charge in [0, 0.05) is 34.6 Å². The van der Waals surface area contributed by atoms with Crippen molar-refractivity contribution in [3.05, 3.63) is 46.6 Å². The van der Waals surface area contributed by atoms with Crippen molar-refractivity contribution in [3.63, 3.8) is 0 Å². The van der Waals surface area contributed by atoms with Crippen molar-refractivity contribution in [1.29, 1.82) is 0 Å². The fourth-order valence-corrected chi connectivity index (χ4v) is 4.23. The van der Waals surface area contributed by atoms with Crippen LogP contribution < -0.4 is 9.47 Å². The van der Waals surface area contributed by atoms with Gasteiger partial charge in [0.15, 0.2) is 0 Å². The first-order valence-electron chi connectivity index (χ1n) is 9.27. The van der Waals surface area contributed by atoms with Crippen molar-refractivity contribution in [1.82, 2.24) is 14.7 Å². The molecule has 1 fully saturated rings. The minimum atomic E-state index is -0.175. The smallest absolute Gasteiger partial charge is 0.129 e. The molecule has 1 N–H and O–H groups in total. The van der Waals surface area contributed by atoms with Gasteiger partial charge in [-0.25, -0.2) is 4.68 Å². The Kier molecular flexibility index (Phi) is 5.31. The van der Waals surface area contributed by atoms with Crippen LogP contribution >= 0.6 is 15.9 Å². The lowest BCUT2D eigenvalue weighted by Gasteiger charge is -2.38. The zero-order valence-electron chi connectivity index (χ0n) is 16.2. The van der Waals surface area contributed by atoms with Crippen LogP contribution in [0.15, 0.2) is 41.0 Å². The Bertz CT molecular complexity index is 973. The summed E-state index contributed by atoms with van der Waals surface area (Å²) in [4.78, 5) is 2.24. The molecule has 0 spiro atoms. The molecule has 0 atom stereocenters. The van der Waals surface area contributed by atoms with E-state index >= 15 is 0 Å². The number of nitrogens with zero attached hydrogens (tertiary/aromatic N) is 3. The zero-order valence-corrected chi connectivity index (χ0v) is 17.8. The lowest BCUT2D eigenvalue weighted by Crippen LogP contribution is -2.44. The van der Waals surface area contributed by atoms with Crippen molar-refractivity contribution >= 4 is 26.8 Å². The molecule has 1 saturated carbocycles. The van der Waals surface area contributed by atoms with Gasteiger partial charge in [0.2, 0.25) is 0 Å². The number of halogens is 1. The van der Waals surface area contributed by atoms with Crippen molar-refractivity contribution in [2.24, 2.45) is 0 Å². The normalized spacial score (nSPS) is 19.1. The summed E-state index contributed by atoms with van der Waals surface area (Å²) in [6, 6.07) is 10.4. The Labute approximate surface area is 172 Å². The van der Waals surface area contributed by atoms with Crippen LogP contribution in [0.1, 0.15) is 18.4 Å². The van der Waals surface area contributed by atoms with E-state index in [-0.39, 0.29) is 6.10 Å². The van der Waals surface area contributed by atoms with E-state index in [0.717, 1.165) is 51.0 Å². The van der Waals surface area contributed by atoms with E-state index < -0.39 is 0 Å². The monoisotopic (exact) mass is 445 g/mol. The van der Waals surface area contributed by atoms with E-state index in [1.807, 2.05) is 41.2 Å². The van der Waals surface area contributed by atoms with Gasteiger partial charge in [0.1, 0.15) is 11.5 Å². The molecule has 1 heterocycles. The summed E-state index contributed by atoms with van der Waals surface area (Å²) in [7, 11) is 5.42. The first-order chi connectivity index (χ1) is 13.5. The van der Waals surface area contributed by atoms with Gasteiger partial charge in [-0.3, -0.25) is 4.90 Å². The Morgan fingerprint density at radius 1 is 1.21 bits per heavy atom. The minimum Gasteiger partial charge on any atom is -0.496 e. The number of aromatic nitrogens is 2. The maximum Gasteiger partial charge on any atom is 0.129 e. The molecule has 0 aliphatic heterocycles. The third-order valence-electron chi connectivity index (χ3n) is 5.52. The van der Waals surface area contributed by atoms with E-state index in [1.165, 1.54) is 0 Å². The van der Waals surface area contributed by atoms with E-state index in [4.69, 9.17) is 9.47 Å². The lowest BCUT2D eigenvalue weighted by molar-refractivity contribution is 0.00885. The van der Waals surface area contributed by atoms with Gasteiger partial charge in [-0.2, -0.15) is 5.10 Å². The summed E-state index contributed by atoms with van der Waals surface area (Å²) in [5, 5.41) is 15.2. The molecule has 148 valence electrons. The van der Waals surface area contributed by atoms with E-state index in [1.54, 1.807) is 14.2 Å². The van der Waals surface area contributed by atoms with Crippen molar-refractivity contribution < 1.29 is 14.6 Å². The number of ether oxygens (including phenoxy) is 2. The SMILES string of the molecule is COc1cc(-n2ncc3c(Br)cccc32)cc(OC)c1CN(C)C1CC(O)C1. The first kappa shape index (κ1) is 19.2. The molecule has 3 aromatic rings. The molecule has 0 unspecified atom stereocenters. The van der Waals surface area contributed by atoms with E-state index in [0.29, 0.717) is 12.6 Å². The predicted octanol–water partition coefficient (Wildman–Crippen LogP) is 3.76. The molecule has 2 aromatic carbocycles. The number of rotatable bonds is 6. The largest absolute Gasteiger partial charge is 0.496 e. The van der Waals surface area contributed by atoms with Crippen LogP contribution in [0.3, 0.4) is 0 Å². The van der Waals surface area contributed by atoms with Gasteiger partial charge in [-0.1, -0.05) is 22.0 Å². The van der Waals surface area contributed by atoms with Crippen LogP contribution in [-0.2, 0) is 6.54 Å². The summed E-state index contributed by atoms with van der Waals surface area (Å²) in [6.07, 6.45) is 3.30. The lowest BCUT2D eigenvalue weighted by atomic mass is 9.88. The van der Waals surface area contributed by atoms with Gasteiger partial charge < -0.3 is 14.6 Å². The molecule has 0 bridgehead atoms. The molecule has 0 saturated heterocycles. The fraction of sp³-hybridized carbons (Fsp3) is 0.381. The highest BCUT2D eigenvalue weighted by Crippen LogP contribution is 2.36. The number of hydrogen-bond donors (Lipinski definition) is 1. The van der Waals surface area contributed by atoms with Crippen LogP contribution in [0.4, 0.5) is 0 Å². The Balaban J connectivity index is 1.73. The predicted molar refractivity (Wildman–Crippen MR) is 112 cm³/mol. The molecule has 4 rings (SSSR count). The number of aliphatic hydroxyl groups excluding tert-OH is 1. The van der Waals surface area contributed by atoms with E-state index in [2.05, 4.69) is 33.0 Å². The summed E-state index contributed by atoms with van der Waals surface area (Å²) < 4.78 is 14.3. The molecule has 28 heavy (non-hydrogen) atoms. The second kappa shape index (κ2) is 7.73. The standard InChI is InChI=1S/C21H24BrN3O3/c1-24(13-7-15(26)8-13)12-17-20(27-2)9-14(10-21(17)28-3)25-19-6-4-5-18(22)16(19)11-23-25/h4-6,9-11,13,15,26H,7-8,12H2,1-3H3. The van der Waals surface area contributed by atoms with Crippen molar-refractivity contribution in [3.8, 4) is 17.2 Å². The number of fused-ring (bicyclic) bond motifs is 1. The maximum atomic E-state index is 9.59. The zero-order chi connectivity index (χ0) is 19.8. The molecule has 0 radical (unpaired) electrons. The number of hydrogen-bond acceptors (Lipinski definition) is 5. The van der Waals surface area contributed by atoms with Crippen LogP contribution in [0.25, 0.3) is 16.6 Å². The quantitative estimate of drug-likeness (QED) is 0.625. The number of benzene rings is 2. The summed E-state index contributed by atoms with van der Waals surface area (Å²) in [5.41, 5.74) is 2.88. The molecule has 1 aliphatic rings. The maximum absolute atomic E-state index is 9.59. The summed E-state index contributed by atoms with van der Waals surface area (Å²) in [5.74, 6) is 1.53. The third kappa shape index (κ3) is 3.38. The highest BCUT2D eigenvalue weighted by atomic mass is 79.9. The van der Waals surface area contributed by atoms with Gasteiger partial charge in [0.05, 0.1) is 43.3 Å². The Hall–Kier alpha value is -2.09. The van der Waals surface area contributed by atoms with Gasteiger partial charge in [-0.15, -0.1) is 0 Å². The molecular weight excluding hydrogens is 422 g/mol. The summed E-state index contributed by atoms with van der Waals surface area (Å²) >= 11 is 3.58. The van der Waals surface area contributed by atoms with Gasteiger partial charge in [-0.05, 0) is 32.0 Å². The van der Waals surface area contributed by atoms with Gasteiger partial charge in [0.25, 0.3) is 0 Å².